The van der Waals surface area contributed by atoms with Gasteiger partial charge in [0.1, 0.15) is 5.69 Å². The highest BCUT2D eigenvalue weighted by molar-refractivity contribution is 5.94. The van der Waals surface area contributed by atoms with E-state index in [-0.39, 0.29) is 24.3 Å². The zero-order chi connectivity index (χ0) is 29.1. The molecule has 1 amide bonds. The molecule has 0 radical (unpaired) electrons. The third-order valence-corrected chi connectivity index (χ3v) is 10.5. The van der Waals surface area contributed by atoms with Crippen molar-refractivity contribution in [3.8, 4) is 5.69 Å². The lowest BCUT2D eigenvalue weighted by Crippen LogP contribution is -2.70. The molecule has 1 saturated carbocycles. The molecule has 6 aliphatic rings. The highest BCUT2D eigenvalue weighted by atomic mass is 17.3. The Labute approximate surface area is 247 Å². The molecule has 1 aliphatic carbocycles. The molecule has 1 aromatic heterocycles. The van der Waals surface area contributed by atoms with E-state index in [0.717, 1.165) is 64.1 Å². The second kappa shape index (κ2) is 10.9. The molecule has 5 aliphatic heterocycles. The van der Waals surface area contributed by atoms with Crippen LogP contribution in [0.3, 0.4) is 0 Å². The van der Waals surface area contributed by atoms with Crippen LogP contribution in [-0.4, -0.2) is 87.4 Å². The summed E-state index contributed by atoms with van der Waals surface area (Å²) in [4.78, 5) is 29.6. The van der Waals surface area contributed by atoms with E-state index < -0.39 is 24.0 Å². The first-order valence-corrected chi connectivity index (χ1v) is 15.6. The number of aromatic nitrogens is 3. The van der Waals surface area contributed by atoms with Gasteiger partial charge < -0.3 is 24.0 Å². The summed E-state index contributed by atoms with van der Waals surface area (Å²) in [6.07, 6.45) is 4.77. The minimum Gasteiger partial charge on any atom is -0.346 e. The SMILES string of the molecule is CCN1CCN(C(=O)c2cccc(-n3cc(CO[C@H]4O[C@@H]5O[C@@]6(C)CC[C@H]7[C@H](C)CC[C@@H]([C@H]4C)[C@@]57OO6)nn3)c2)CC1. The molecule has 6 heterocycles. The van der Waals surface area contributed by atoms with Gasteiger partial charge in [0.05, 0.1) is 18.5 Å². The van der Waals surface area contributed by atoms with Gasteiger partial charge in [-0.15, -0.1) is 5.10 Å². The van der Waals surface area contributed by atoms with Gasteiger partial charge in [0.15, 0.2) is 18.2 Å². The molecule has 11 nitrogen and oxygen atoms in total. The lowest BCUT2D eigenvalue weighted by atomic mass is 9.58. The van der Waals surface area contributed by atoms with Gasteiger partial charge in [-0.05, 0) is 62.8 Å². The maximum Gasteiger partial charge on any atom is 0.254 e. The van der Waals surface area contributed by atoms with E-state index in [9.17, 15) is 4.79 Å². The maximum absolute atomic E-state index is 13.2. The number of piperazine rings is 1. The number of carbonyl (C=O) groups excluding carboxylic acids is 1. The summed E-state index contributed by atoms with van der Waals surface area (Å²) < 4.78 is 21.0. The molecule has 42 heavy (non-hydrogen) atoms. The minimum atomic E-state index is -0.814. The molecule has 0 N–H and O–H groups in total. The summed E-state index contributed by atoms with van der Waals surface area (Å²) in [5, 5.41) is 8.69. The number of fused-ring (bicyclic) bond motifs is 2. The Kier molecular flexibility index (Phi) is 7.39. The van der Waals surface area contributed by atoms with Crippen molar-refractivity contribution in [2.24, 2.45) is 23.7 Å². The van der Waals surface area contributed by atoms with Crippen LogP contribution in [0, 0.1) is 23.7 Å². The van der Waals surface area contributed by atoms with E-state index in [4.69, 9.17) is 24.0 Å². The Morgan fingerprint density at radius 1 is 1.10 bits per heavy atom. The van der Waals surface area contributed by atoms with Crippen LogP contribution in [0.1, 0.15) is 69.4 Å². The molecule has 1 aromatic carbocycles. The Morgan fingerprint density at radius 2 is 1.93 bits per heavy atom. The van der Waals surface area contributed by atoms with Crippen LogP contribution in [0.25, 0.3) is 5.69 Å². The molecule has 6 fully saturated rings. The van der Waals surface area contributed by atoms with Crippen molar-refractivity contribution < 1.29 is 28.8 Å². The topological polar surface area (TPSA) is 100 Å². The fraction of sp³-hybridized carbons (Fsp3) is 0.710. The number of hydrogen-bond donors (Lipinski definition) is 0. The Hall–Kier alpha value is -2.41. The number of amides is 1. The molecule has 2 bridgehead atoms. The number of carbonyl (C=O) groups is 1. The van der Waals surface area contributed by atoms with Gasteiger partial charge in [0, 0.05) is 50.0 Å². The third-order valence-electron chi connectivity index (χ3n) is 10.5. The van der Waals surface area contributed by atoms with E-state index in [1.54, 1.807) is 4.68 Å². The first-order valence-electron chi connectivity index (χ1n) is 15.6. The highest BCUT2D eigenvalue weighted by Gasteiger charge is 2.69. The summed E-state index contributed by atoms with van der Waals surface area (Å²) in [5.41, 5.74) is 1.51. The first-order chi connectivity index (χ1) is 20.3. The molecule has 8 atom stereocenters. The van der Waals surface area contributed by atoms with E-state index in [1.807, 2.05) is 42.3 Å². The lowest BCUT2D eigenvalue weighted by molar-refractivity contribution is -0.577. The van der Waals surface area contributed by atoms with Crippen molar-refractivity contribution in [2.75, 3.05) is 32.7 Å². The monoisotopic (exact) mass is 581 g/mol. The largest absolute Gasteiger partial charge is 0.346 e. The van der Waals surface area contributed by atoms with Gasteiger partial charge in [-0.25, -0.2) is 14.5 Å². The average molecular weight is 582 g/mol. The van der Waals surface area contributed by atoms with Crippen molar-refractivity contribution in [2.45, 2.75) is 84.0 Å². The van der Waals surface area contributed by atoms with Gasteiger partial charge in [-0.2, -0.15) is 0 Å². The predicted molar refractivity (Wildman–Crippen MR) is 151 cm³/mol. The summed E-state index contributed by atoms with van der Waals surface area (Å²) >= 11 is 0. The van der Waals surface area contributed by atoms with Crippen LogP contribution in [-0.2, 0) is 30.6 Å². The molecule has 5 saturated heterocycles. The quantitative estimate of drug-likeness (QED) is 0.472. The number of hydrogen-bond acceptors (Lipinski definition) is 9. The van der Waals surface area contributed by atoms with E-state index >= 15 is 0 Å². The number of likely N-dealkylation sites (N-methyl/N-ethyl adjacent to an activating group) is 1. The van der Waals surface area contributed by atoms with Crippen LogP contribution in [0.4, 0.5) is 0 Å². The van der Waals surface area contributed by atoms with Crippen molar-refractivity contribution in [1.29, 1.82) is 0 Å². The van der Waals surface area contributed by atoms with Gasteiger partial charge >= 0.3 is 0 Å². The summed E-state index contributed by atoms with van der Waals surface area (Å²) in [6.45, 7) is 13.1. The summed E-state index contributed by atoms with van der Waals surface area (Å²) in [5.74, 6) is 0.353. The molecule has 8 rings (SSSR count). The Morgan fingerprint density at radius 3 is 2.74 bits per heavy atom. The molecular formula is C31H43N5O6. The van der Waals surface area contributed by atoms with Crippen molar-refractivity contribution in [3.05, 3.63) is 41.7 Å². The molecule has 1 spiro atoms. The van der Waals surface area contributed by atoms with E-state index in [0.29, 0.717) is 23.1 Å². The van der Waals surface area contributed by atoms with Crippen LogP contribution in [0.5, 0.6) is 0 Å². The normalized spacial score (nSPS) is 38.2. The molecular weight excluding hydrogens is 538 g/mol. The van der Waals surface area contributed by atoms with Crippen LogP contribution in [0.15, 0.2) is 30.5 Å². The molecule has 11 heteroatoms. The number of rotatable bonds is 6. The zero-order valence-electron chi connectivity index (χ0n) is 25.1. The van der Waals surface area contributed by atoms with E-state index in [1.165, 1.54) is 0 Å². The van der Waals surface area contributed by atoms with E-state index in [2.05, 4.69) is 36.0 Å². The van der Waals surface area contributed by atoms with Crippen LogP contribution < -0.4 is 0 Å². The molecule has 228 valence electrons. The average Bonchev–Trinajstić information content (AvgIpc) is 3.38. The first kappa shape index (κ1) is 28.4. The van der Waals surface area contributed by atoms with Gasteiger partial charge in [0.25, 0.3) is 5.91 Å². The van der Waals surface area contributed by atoms with Gasteiger partial charge in [0.2, 0.25) is 5.79 Å². The number of benzene rings is 1. The fourth-order valence-electron chi connectivity index (χ4n) is 7.95. The summed E-state index contributed by atoms with van der Waals surface area (Å²) in [6, 6.07) is 7.56. The highest BCUT2D eigenvalue weighted by Crippen LogP contribution is 2.60. The van der Waals surface area contributed by atoms with Crippen LogP contribution in [0.2, 0.25) is 0 Å². The van der Waals surface area contributed by atoms with Gasteiger partial charge in [-0.3, -0.25) is 4.79 Å². The fourth-order valence-corrected chi connectivity index (χ4v) is 7.95. The third kappa shape index (κ3) is 4.78. The Bertz CT molecular complexity index is 1300. The number of ether oxygens (including phenoxy) is 3. The second-order valence-electron chi connectivity index (χ2n) is 13.0. The standard InChI is InChI=1S/C31H43N5O6/c1-5-34-13-15-35(16-14-34)27(37)22-7-6-8-24(17-22)36-18-23(32-33-36)19-38-28-21(3)26-10-9-20(2)25-11-12-30(4)40-29(39-28)31(25,26)42-41-30/h6-8,17-18,20-21,25-26,28-29H,5,9-16,19H2,1-4H3/t20-,21-,25+,26+,28+,29-,30-,31-/m1/s1. The maximum atomic E-state index is 13.2. The minimum absolute atomic E-state index is 0.0505. The van der Waals surface area contributed by atoms with Crippen molar-refractivity contribution >= 4 is 5.91 Å². The predicted octanol–water partition coefficient (Wildman–Crippen LogP) is 3.77. The summed E-state index contributed by atoms with van der Waals surface area (Å²) in [7, 11) is 0. The second-order valence-corrected chi connectivity index (χ2v) is 13.0. The van der Waals surface area contributed by atoms with Gasteiger partial charge in [-0.1, -0.05) is 32.1 Å². The van der Waals surface area contributed by atoms with Crippen LogP contribution >= 0.6 is 0 Å². The smallest absolute Gasteiger partial charge is 0.254 e. The van der Waals surface area contributed by atoms with Crippen molar-refractivity contribution in [3.63, 3.8) is 0 Å². The molecule has 0 unspecified atom stereocenters. The van der Waals surface area contributed by atoms with Crippen molar-refractivity contribution in [1.82, 2.24) is 24.8 Å². The lowest BCUT2D eigenvalue weighted by Gasteiger charge is -2.60. The Balaban J connectivity index is 1.03. The number of nitrogens with zero attached hydrogens (tertiary/aromatic N) is 5. The molecule has 2 aromatic rings. The zero-order valence-corrected chi connectivity index (χ0v) is 25.1.